The zero-order valence-corrected chi connectivity index (χ0v) is 16.6. The fraction of sp³-hybridized carbons (Fsp3) is 0.522. The van der Waals surface area contributed by atoms with Gasteiger partial charge in [0.25, 0.3) is 0 Å². The number of carbonyl (C=O) groups excluding carboxylic acids is 1. The van der Waals surface area contributed by atoms with Crippen LogP contribution in [0.15, 0.2) is 30.3 Å². The van der Waals surface area contributed by atoms with E-state index in [1.165, 1.54) is 12.8 Å². The summed E-state index contributed by atoms with van der Waals surface area (Å²) in [6, 6.07) is 10.8. The molecule has 145 valence electrons. The Balaban J connectivity index is 1.52. The molecule has 5 heteroatoms. The van der Waals surface area contributed by atoms with Crippen molar-refractivity contribution in [1.29, 1.82) is 0 Å². The molecule has 28 heavy (non-hydrogen) atoms. The van der Waals surface area contributed by atoms with Crippen LogP contribution >= 0.6 is 11.6 Å². The lowest BCUT2D eigenvalue weighted by Gasteiger charge is -2.48. The standard InChI is InChI=1S/C23H25ClN3O/c24-20-11-17(16-3-1-2-4-18(16)26-20)22-21(14-7-8-14)25-12-19(13-5-6-13)27(22)23(28)15-9-10-15/h1-4,7,11,13-15,19,21-22,25H,5-6,8-10,12H2. The molecule has 1 N–H and O–H groups in total. The fourth-order valence-corrected chi connectivity index (χ4v) is 5.29. The van der Waals surface area contributed by atoms with Gasteiger partial charge in [-0.3, -0.25) is 4.79 Å². The smallest absolute Gasteiger partial charge is 0.226 e. The number of fused-ring (bicyclic) bond motifs is 1. The summed E-state index contributed by atoms with van der Waals surface area (Å²) in [5.41, 5.74) is 2.07. The average Bonchev–Trinajstić information content (AvgIpc) is 3.58. The number of amides is 1. The van der Waals surface area contributed by atoms with Gasteiger partial charge in [-0.25, -0.2) is 4.98 Å². The minimum atomic E-state index is 0.0293. The van der Waals surface area contributed by atoms with Gasteiger partial charge in [0.15, 0.2) is 0 Å². The predicted octanol–water partition coefficient (Wildman–Crippen LogP) is 4.14. The Hall–Kier alpha value is -1.65. The number of hydrogen-bond acceptors (Lipinski definition) is 3. The second-order valence-electron chi connectivity index (χ2n) is 8.99. The molecular formula is C23H25ClN3O. The van der Waals surface area contributed by atoms with E-state index < -0.39 is 0 Å². The number of hydrogen-bond donors (Lipinski definition) is 1. The van der Waals surface area contributed by atoms with Crippen LogP contribution in [0.25, 0.3) is 10.9 Å². The van der Waals surface area contributed by atoms with Crippen molar-refractivity contribution >= 4 is 28.4 Å². The molecule has 1 aromatic carbocycles. The Morgan fingerprint density at radius 3 is 2.68 bits per heavy atom. The number of rotatable bonds is 4. The van der Waals surface area contributed by atoms with E-state index in [9.17, 15) is 4.79 Å². The van der Waals surface area contributed by atoms with Crippen LogP contribution in [0.3, 0.4) is 0 Å². The number of para-hydroxylation sites is 1. The highest BCUT2D eigenvalue weighted by atomic mass is 35.5. The summed E-state index contributed by atoms with van der Waals surface area (Å²) in [6.07, 6.45) is 8.07. The molecule has 1 aromatic heterocycles. The molecule has 3 saturated carbocycles. The summed E-state index contributed by atoms with van der Waals surface area (Å²) in [4.78, 5) is 20.4. The van der Waals surface area contributed by atoms with Crippen molar-refractivity contribution in [1.82, 2.24) is 15.2 Å². The van der Waals surface area contributed by atoms with Crippen LogP contribution in [-0.2, 0) is 4.79 Å². The van der Waals surface area contributed by atoms with Gasteiger partial charge >= 0.3 is 0 Å². The highest BCUT2D eigenvalue weighted by Gasteiger charge is 2.52. The quantitative estimate of drug-likeness (QED) is 0.792. The molecule has 1 saturated heterocycles. The lowest BCUT2D eigenvalue weighted by molar-refractivity contribution is -0.141. The topological polar surface area (TPSA) is 45.2 Å². The van der Waals surface area contributed by atoms with Crippen LogP contribution < -0.4 is 5.32 Å². The van der Waals surface area contributed by atoms with Gasteiger partial charge in [-0.15, -0.1) is 0 Å². The first kappa shape index (κ1) is 17.2. The second kappa shape index (κ2) is 6.43. The minimum absolute atomic E-state index is 0.0293. The average molecular weight is 395 g/mol. The van der Waals surface area contributed by atoms with E-state index >= 15 is 0 Å². The highest BCUT2D eigenvalue weighted by molar-refractivity contribution is 6.30. The Morgan fingerprint density at radius 1 is 1.18 bits per heavy atom. The van der Waals surface area contributed by atoms with Crippen LogP contribution in [-0.4, -0.2) is 34.4 Å². The van der Waals surface area contributed by atoms with Gasteiger partial charge < -0.3 is 10.2 Å². The third-order valence-electron chi connectivity index (χ3n) is 6.91. The second-order valence-corrected chi connectivity index (χ2v) is 9.38. The first-order valence-electron chi connectivity index (χ1n) is 10.6. The summed E-state index contributed by atoms with van der Waals surface area (Å²) in [5.74, 6) is 1.77. The molecule has 2 aromatic rings. The van der Waals surface area contributed by atoms with Crippen molar-refractivity contribution in [3.63, 3.8) is 0 Å². The zero-order valence-electron chi connectivity index (χ0n) is 15.9. The van der Waals surface area contributed by atoms with Crippen molar-refractivity contribution in [2.24, 2.45) is 17.8 Å². The van der Waals surface area contributed by atoms with Crippen molar-refractivity contribution in [3.05, 3.63) is 47.5 Å². The maximum absolute atomic E-state index is 13.5. The maximum atomic E-state index is 13.5. The molecule has 2 heterocycles. The third kappa shape index (κ3) is 2.93. The molecule has 6 rings (SSSR count). The van der Waals surface area contributed by atoms with Crippen molar-refractivity contribution in [2.45, 2.75) is 50.2 Å². The first-order valence-corrected chi connectivity index (χ1v) is 11.0. The molecule has 4 unspecified atom stereocenters. The summed E-state index contributed by atoms with van der Waals surface area (Å²) >= 11 is 6.46. The van der Waals surface area contributed by atoms with Crippen LogP contribution in [0.1, 0.15) is 43.7 Å². The lowest BCUT2D eigenvalue weighted by atomic mass is 9.86. The summed E-state index contributed by atoms with van der Waals surface area (Å²) in [7, 11) is 0. The summed E-state index contributed by atoms with van der Waals surface area (Å²) in [6.45, 7) is 0.922. The third-order valence-corrected chi connectivity index (χ3v) is 7.11. The predicted molar refractivity (Wildman–Crippen MR) is 110 cm³/mol. The van der Waals surface area contributed by atoms with E-state index in [1.54, 1.807) is 0 Å². The van der Waals surface area contributed by atoms with E-state index in [0.717, 1.165) is 42.3 Å². The van der Waals surface area contributed by atoms with E-state index in [1.807, 2.05) is 18.2 Å². The highest BCUT2D eigenvalue weighted by Crippen LogP contribution is 2.49. The number of nitrogens with zero attached hydrogens (tertiary/aromatic N) is 2. The number of carbonyl (C=O) groups is 1. The molecule has 3 aliphatic carbocycles. The van der Waals surface area contributed by atoms with Gasteiger partial charge in [0.05, 0.1) is 11.6 Å². The molecule has 0 spiro atoms. The van der Waals surface area contributed by atoms with Crippen molar-refractivity contribution in [3.8, 4) is 0 Å². The maximum Gasteiger partial charge on any atom is 0.226 e. The molecule has 0 bridgehead atoms. The minimum Gasteiger partial charge on any atom is -0.329 e. The fourth-order valence-electron chi connectivity index (χ4n) is 5.08. The van der Waals surface area contributed by atoms with Gasteiger partial charge in [-0.1, -0.05) is 29.8 Å². The van der Waals surface area contributed by atoms with Gasteiger partial charge in [-0.2, -0.15) is 0 Å². The van der Waals surface area contributed by atoms with E-state index in [-0.39, 0.29) is 18.0 Å². The zero-order chi connectivity index (χ0) is 18.8. The van der Waals surface area contributed by atoms with Gasteiger partial charge in [0.1, 0.15) is 5.15 Å². The van der Waals surface area contributed by atoms with Crippen molar-refractivity contribution < 1.29 is 4.79 Å². The normalized spacial score (nSPS) is 30.6. The summed E-state index contributed by atoms with van der Waals surface area (Å²) in [5, 5.41) is 5.47. The molecular weight excluding hydrogens is 370 g/mol. The number of piperazine rings is 1. The SMILES string of the molecule is O=C(C1CC1)N1C(C2CC2)CNC(C2[CH]C2)C1c1cc(Cl)nc2ccccc12. The largest absolute Gasteiger partial charge is 0.329 e. The van der Waals surface area contributed by atoms with Crippen LogP contribution in [0.2, 0.25) is 5.15 Å². The number of pyridine rings is 1. The van der Waals surface area contributed by atoms with Crippen LogP contribution in [0.5, 0.6) is 0 Å². The molecule has 4 fully saturated rings. The monoisotopic (exact) mass is 394 g/mol. The molecule has 1 radical (unpaired) electrons. The molecule has 4 atom stereocenters. The van der Waals surface area contributed by atoms with Crippen molar-refractivity contribution in [2.75, 3.05) is 6.54 Å². The lowest BCUT2D eigenvalue weighted by Crippen LogP contribution is -2.61. The summed E-state index contributed by atoms with van der Waals surface area (Å²) < 4.78 is 0. The Morgan fingerprint density at radius 2 is 1.96 bits per heavy atom. The number of nitrogens with one attached hydrogen (secondary N) is 1. The Bertz CT molecular complexity index is 935. The molecule has 4 aliphatic rings. The van der Waals surface area contributed by atoms with Crippen LogP contribution in [0, 0.1) is 24.2 Å². The molecule has 1 aliphatic heterocycles. The van der Waals surface area contributed by atoms with Gasteiger partial charge in [0.2, 0.25) is 5.91 Å². The molecule has 1 amide bonds. The van der Waals surface area contributed by atoms with Gasteiger partial charge in [0, 0.05) is 29.9 Å². The van der Waals surface area contributed by atoms with E-state index in [4.69, 9.17) is 11.6 Å². The number of benzene rings is 1. The van der Waals surface area contributed by atoms with Gasteiger partial charge in [-0.05, 0) is 68.1 Å². The number of halogens is 1. The number of aromatic nitrogens is 1. The van der Waals surface area contributed by atoms with Crippen LogP contribution in [0.4, 0.5) is 0 Å². The Kier molecular flexibility index (Phi) is 3.96. The molecule has 4 nitrogen and oxygen atoms in total. The Labute approximate surface area is 170 Å². The van der Waals surface area contributed by atoms with E-state index in [2.05, 4.69) is 33.8 Å². The first-order chi connectivity index (χ1) is 13.7. The van der Waals surface area contributed by atoms with E-state index in [0.29, 0.717) is 28.9 Å².